The molecule has 0 unspecified atom stereocenters. The Labute approximate surface area is 111 Å². The van der Waals surface area contributed by atoms with Gasteiger partial charge in [0, 0.05) is 17.3 Å². The monoisotopic (exact) mass is 253 g/mol. The molecule has 4 heteroatoms. The maximum atomic E-state index is 5.43. The number of hydrogen-bond donors (Lipinski definition) is 1. The first kappa shape index (κ1) is 11.7. The SMILES string of the molecule is CCCNc1nnc(-c2ccco2)c2ccccc12. The van der Waals surface area contributed by atoms with Crippen LogP contribution < -0.4 is 5.32 Å². The summed E-state index contributed by atoms with van der Waals surface area (Å²) in [6, 6.07) is 11.9. The fraction of sp³-hybridized carbons (Fsp3) is 0.200. The van der Waals surface area contributed by atoms with Gasteiger partial charge in [-0.1, -0.05) is 31.2 Å². The molecule has 0 aliphatic heterocycles. The van der Waals surface area contributed by atoms with Crippen molar-refractivity contribution in [3.05, 3.63) is 42.7 Å². The molecule has 0 fully saturated rings. The molecule has 0 amide bonds. The molecule has 4 nitrogen and oxygen atoms in total. The lowest BCUT2D eigenvalue weighted by atomic mass is 10.1. The second-order valence-electron chi connectivity index (χ2n) is 4.35. The Bertz CT molecular complexity index is 677. The summed E-state index contributed by atoms with van der Waals surface area (Å²) in [7, 11) is 0. The van der Waals surface area contributed by atoms with Crippen LogP contribution in [0.2, 0.25) is 0 Å². The van der Waals surface area contributed by atoms with Crippen molar-refractivity contribution in [3.63, 3.8) is 0 Å². The van der Waals surface area contributed by atoms with Gasteiger partial charge in [0.2, 0.25) is 0 Å². The van der Waals surface area contributed by atoms with Crippen molar-refractivity contribution in [2.75, 3.05) is 11.9 Å². The molecule has 0 spiro atoms. The minimum absolute atomic E-state index is 0.741. The van der Waals surface area contributed by atoms with Crippen LogP contribution in [0.15, 0.2) is 47.1 Å². The number of nitrogens with zero attached hydrogens (tertiary/aromatic N) is 2. The molecule has 2 heterocycles. The normalized spacial score (nSPS) is 10.8. The summed E-state index contributed by atoms with van der Waals surface area (Å²) in [6.45, 7) is 3.01. The van der Waals surface area contributed by atoms with E-state index in [4.69, 9.17) is 4.42 Å². The molecule has 0 bridgehead atoms. The molecular weight excluding hydrogens is 238 g/mol. The van der Waals surface area contributed by atoms with Gasteiger partial charge in [-0.25, -0.2) is 0 Å². The van der Waals surface area contributed by atoms with Crippen LogP contribution in [0.3, 0.4) is 0 Å². The third-order valence-corrected chi connectivity index (χ3v) is 2.98. The van der Waals surface area contributed by atoms with Gasteiger partial charge in [0.25, 0.3) is 0 Å². The van der Waals surface area contributed by atoms with Crippen LogP contribution in [0.4, 0.5) is 5.82 Å². The maximum Gasteiger partial charge on any atom is 0.156 e. The van der Waals surface area contributed by atoms with Gasteiger partial charge < -0.3 is 9.73 Å². The summed E-state index contributed by atoms with van der Waals surface area (Å²) in [5, 5.41) is 14.0. The molecule has 3 rings (SSSR count). The number of nitrogens with one attached hydrogen (secondary N) is 1. The lowest BCUT2D eigenvalue weighted by Gasteiger charge is -2.09. The predicted octanol–water partition coefficient (Wildman–Crippen LogP) is 3.71. The lowest BCUT2D eigenvalue weighted by molar-refractivity contribution is 0.579. The number of rotatable bonds is 4. The Morgan fingerprint density at radius 2 is 1.89 bits per heavy atom. The molecule has 1 N–H and O–H groups in total. The molecule has 0 saturated carbocycles. The summed E-state index contributed by atoms with van der Waals surface area (Å²) in [5.41, 5.74) is 0.780. The Kier molecular flexibility index (Phi) is 3.14. The van der Waals surface area contributed by atoms with Gasteiger partial charge in [-0.3, -0.25) is 0 Å². The topological polar surface area (TPSA) is 51.0 Å². The number of fused-ring (bicyclic) bond motifs is 1. The smallest absolute Gasteiger partial charge is 0.156 e. The van der Waals surface area contributed by atoms with Crippen LogP contribution in [-0.4, -0.2) is 16.7 Å². The molecule has 2 aromatic heterocycles. The van der Waals surface area contributed by atoms with Crippen molar-refractivity contribution in [2.24, 2.45) is 0 Å². The van der Waals surface area contributed by atoms with E-state index in [0.717, 1.165) is 41.0 Å². The summed E-state index contributed by atoms with van der Waals surface area (Å²) in [4.78, 5) is 0. The standard InChI is InChI=1S/C15H15N3O/c1-2-9-16-15-12-7-4-3-6-11(12)14(17-18-15)13-8-5-10-19-13/h3-8,10H,2,9H2,1H3,(H,16,18). The first-order chi connectivity index (χ1) is 9.40. The zero-order valence-electron chi connectivity index (χ0n) is 10.8. The van der Waals surface area contributed by atoms with E-state index >= 15 is 0 Å². The van der Waals surface area contributed by atoms with Crippen molar-refractivity contribution < 1.29 is 4.42 Å². The van der Waals surface area contributed by atoms with Gasteiger partial charge in [-0.15, -0.1) is 10.2 Å². The first-order valence-electron chi connectivity index (χ1n) is 6.43. The second-order valence-corrected chi connectivity index (χ2v) is 4.35. The van der Waals surface area contributed by atoms with E-state index < -0.39 is 0 Å². The van der Waals surface area contributed by atoms with Crippen LogP contribution in [0, 0.1) is 0 Å². The molecule has 0 aliphatic carbocycles. The zero-order valence-corrected chi connectivity index (χ0v) is 10.8. The summed E-state index contributed by atoms with van der Waals surface area (Å²) in [6.07, 6.45) is 2.70. The minimum atomic E-state index is 0.741. The van der Waals surface area contributed by atoms with Crippen molar-refractivity contribution in [1.29, 1.82) is 0 Å². The molecule has 3 aromatic rings. The average Bonchev–Trinajstić information content (AvgIpc) is 2.98. The van der Waals surface area contributed by atoms with E-state index in [9.17, 15) is 0 Å². The zero-order chi connectivity index (χ0) is 13.1. The highest BCUT2D eigenvalue weighted by Crippen LogP contribution is 2.29. The fourth-order valence-electron chi connectivity index (χ4n) is 2.07. The fourth-order valence-corrected chi connectivity index (χ4v) is 2.07. The molecule has 0 saturated heterocycles. The molecule has 0 atom stereocenters. The number of furan rings is 1. The molecule has 96 valence electrons. The van der Waals surface area contributed by atoms with Gasteiger partial charge >= 0.3 is 0 Å². The van der Waals surface area contributed by atoms with Gasteiger partial charge in [0.1, 0.15) is 5.69 Å². The van der Waals surface area contributed by atoms with E-state index in [2.05, 4.69) is 28.5 Å². The largest absolute Gasteiger partial charge is 0.463 e. The van der Waals surface area contributed by atoms with Gasteiger partial charge in [-0.2, -0.15) is 0 Å². The third-order valence-electron chi connectivity index (χ3n) is 2.98. The van der Waals surface area contributed by atoms with E-state index in [1.54, 1.807) is 6.26 Å². The minimum Gasteiger partial charge on any atom is -0.463 e. The average molecular weight is 253 g/mol. The van der Waals surface area contributed by atoms with Crippen LogP contribution in [0.1, 0.15) is 13.3 Å². The highest BCUT2D eigenvalue weighted by molar-refractivity contribution is 5.99. The quantitative estimate of drug-likeness (QED) is 0.770. The number of anilines is 1. The van der Waals surface area contributed by atoms with Crippen LogP contribution >= 0.6 is 0 Å². The van der Waals surface area contributed by atoms with Gasteiger partial charge in [0.05, 0.1) is 6.26 Å². The van der Waals surface area contributed by atoms with E-state index in [1.165, 1.54) is 0 Å². The number of hydrogen-bond acceptors (Lipinski definition) is 4. The van der Waals surface area contributed by atoms with Gasteiger partial charge in [-0.05, 0) is 18.6 Å². The van der Waals surface area contributed by atoms with Crippen LogP contribution in [-0.2, 0) is 0 Å². The maximum absolute atomic E-state index is 5.43. The Balaban J connectivity index is 2.16. The van der Waals surface area contributed by atoms with Crippen LogP contribution in [0.5, 0.6) is 0 Å². The van der Waals surface area contributed by atoms with E-state index in [0.29, 0.717) is 0 Å². The Hall–Kier alpha value is -2.36. The van der Waals surface area contributed by atoms with Gasteiger partial charge in [0.15, 0.2) is 11.6 Å². The predicted molar refractivity (Wildman–Crippen MR) is 76.0 cm³/mol. The summed E-state index contributed by atoms with van der Waals surface area (Å²) >= 11 is 0. The highest BCUT2D eigenvalue weighted by atomic mass is 16.3. The van der Waals surface area contributed by atoms with Crippen molar-refractivity contribution in [3.8, 4) is 11.5 Å². The van der Waals surface area contributed by atoms with Crippen molar-refractivity contribution in [1.82, 2.24) is 10.2 Å². The van der Waals surface area contributed by atoms with Crippen molar-refractivity contribution in [2.45, 2.75) is 13.3 Å². The molecule has 0 radical (unpaired) electrons. The molecular formula is C15H15N3O. The van der Waals surface area contributed by atoms with Crippen molar-refractivity contribution >= 4 is 16.6 Å². The highest BCUT2D eigenvalue weighted by Gasteiger charge is 2.11. The molecule has 1 aromatic carbocycles. The number of benzene rings is 1. The number of aromatic nitrogens is 2. The lowest BCUT2D eigenvalue weighted by Crippen LogP contribution is -2.04. The summed E-state index contributed by atoms with van der Waals surface area (Å²) < 4.78 is 5.43. The van der Waals surface area contributed by atoms with E-state index in [-0.39, 0.29) is 0 Å². The first-order valence-corrected chi connectivity index (χ1v) is 6.43. The Morgan fingerprint density at radius 3 is 2.63 bits per heavy atom. The molecule has 0 aliphatic rings. The van der Waals surface area contributed by atoms with Crippen LogP contribution in [0.25, 0.3) is 22.2 Å². The molecule has 19 heavy (non-hydrogen) atoms. The van der Waals surface area contributed by atoms with E-state index in [1.807, 2.05) is 30.3 Å². The third kappa shape index (κ3) is 2.17. The second kappa shape index (κ2) is 5.10. The Morgan fingerprint density at radius 1 is 1.05 bits per heavy atom. The summed E-state index contributed by atoms with van der Waals surface area (Å²) in [5.74, 6) is 1.57.